The number of rotatable bonds is 7. The third-order valence-corrected chi connectivity index (χ3v) is 4.57. The summed E-state index contributed by atoms with van der Waals surface area (Å²) in [6.45, 7) is 4.80. The van der Waals surface area contributed by atoms with E-state index in [9.17, 15) is 4.79 Å². The van der Waals surface area contributed by atoms with Gasteiger partial charge in [-0.15, -0.1) is 0 Å². The number of hydrogen-bond acceptors (Lipinski definition) is 3. The van der Waals surface area contributed by atoms with Crippen LogP contribution >= 0.6 is 11.6 Å². The van der Waals surface area contributed by atoms with E-state index in [1.807, 2.05) is 18.2 Å². The maximum Gasteiger partial charge on any atom is 0.314 e. The lowest BCUT2D eigenvalue weighted by Gasteiger charge is -2.32. The maximum absolute atomic E-state index is 11.6. The molecule has 0 unspecified atom stereocenters. The van der Waals surface area contributed by atoms with Gasteiger partial charge in [0.25, 0.3) is 0 Å². The molecule has 1 aromatic carbocycles. The van der Waals surface area contributed by atoms with E-state index in [0.29, 0.717) is 19.1 Å². The highest BCUT2D eigenvalue weighted by molar-refractivity contribution is 6.31. The van der Waals surface area contributed by atoms with Crippen LogP contribution in [0.15, 0.2) is 24.3 Å². The van der Waals surface area contributed by atoms with Crippen LogP contribution in [0.5, 0.6) is 0 Å². The van der Waals surface area contributed by atoms with Crippen LogP contribution in [0.1, 0.15) is 18.4 Å². The molecule has 2 rings (SSSR count). The SMILES string of the molecule is COCCNC(=O)NCC1CCN(Cc2ccccc2Cl)CC1. The van der Waals surface area contributed by atoms with E-state index in [0.717, 1.165) is 44.0 Å². The number of methoxy groups -OCH3 is 1. The normalized spacial score (nSPS) is 16.3. The van der Waals surface area contributed by atoms with Crippen LogP contribution in [0.4, 0.5) is 4.79 Å². The van der Waals surface area contributed by atoms with Crippen LogP contribution in [0, 0.1) is 5.92 Å². The Bertz CT molecular complexity index is 490. The molecular formula is C17H26ClN3O2. The number of nitrogens with one attached hydrogen (secondary N) is 2. The Morgan fingerprint density at radius 3 is 2.74 bits per heavy atom. The number of benzene rings is 1. The molecule has 2 N–H and O–H groups in total. The van der Waals surface area contributed by atoms with Crippen molar-refractivity contribution >= 4 is 17.6 Å². The minimum atomic E-state index is -0.111. The van der Waals surface area contributed by atoms with Crippen LogP contribution in [-0.4, -0.2) is 50.8 Å². The van der Waals surface area contributed by atoms with Gasteiger partial charge in [0.2, 0.25) is 0 Å². The first-order valence-electron chi connectivity index (χ1n) is 8.15. The number of amides is 2. The molecule has 1 aliphatic heterocycles. The van der Waals surface area contributed by atoms with Crippen molar-refractivity contribution in [1.29, 1.82) is 0 Å². The molecule has 1 aliphatic rings. The van der Waals surface area contributed by atoms with Crippen molar-refractivity contribution in [3.05, 3.63) is 34.9 Å². The highest BCUT2D eigenvalue weighted by atomic mass is 35.5. The first-order chi connectivity index (χ1) is 11.2. The maximum atomic E-state index is 11.6. The quantitative estimate of drug-likeness (QED) is 0.750. The van der Waals surface area contributed by atoms with E-state index in [1.54, 1.807) is 7.11 Å². The fourth-order valence-electron chi connectivity index (χ4n) is 2.78. The molecule has 0 atom stereocenters. The topological polar surface area (TPSA) is 53.6 Å². The Kier molecular flexibility index (Phi) is 7.65. The smallest absolute Gasteiger partial charge is 0.314 e. The van der Waals surface area contributed by atoms with Crippen molar-refractivity contribution in [2.75, 3.05) is 39.9 Å². The number of hydrogen-bond donors (Lipinski definition) is 2. The monoisotopic (exact) mass is 339 g/mol. The molecule has 0 radical (unpaired) electrons. The average Bonchev–Trinajstić information content (AvgIpc) is 2.56. The number of halogens is 1. The molecule has 128 valence electrons. The molecule has 0 bridgehead atoms. The number of carbonyl (C=O) groups excluding carboxylic acids is 1. The van der Waals surface area contributed by atoms with Gasteiger partial charge in [-0.25, -0.2) is 4.79 Å². The van der Waals surface area contributed by atoms with Crippen LogP contribution in [-0.2, 0) is 11.3 Å². The van der Waals surface area contributed by atoms with Crippen molar-refractivity contribution in [3.8, 4) is 0 Å². The summed E-state index contributed by atoms with van der Waals surface area (Å²) in [6.07, 6.45) is 2.20. The number of nitrogens with zero attached hydrogens (tertiary/aromatic N) is 1. The van der Waals surface area contributed by atoms with Crippen LogP contribution in [0.25, 0.3) is 0 Å². The van der Waals surface area contributed by atoms with Crippen LogP contribution in [0.2, 0.25) is 5.02 Å². The number of ether oxygens (including phenoxy) is 1. The second kappa shape index (κ2) is 9.75. The second-order valence-corrected chi connectivity index (χ2v) is 6.35. The third-order valence-electron chi connectivity index (χ3n) is 4.20. The Labute approximate surface area is 143 Å². The molecule has 0 saturated carbocycles. The highest BCUT2D eigenvalue weighted by Crippen LogP contribution is 2.21. The Morgan fingerprint density at radius 2 is 2.04 bits per heavy atom. The van der Waals surface area contributed by atoms with Gasteiger partial charge in [0, 0.05) is 31.8 Å². The van der Waals surface area contributed by atoms with E-state index >= 15 is 0 Å². The molecule has 0 aromatic heterocycles. The molecule has 2 amide bonds. The van der Waals surface area contributed by atoms with Gasteiger partial charge in [-0.3, -0.25) is 4.90 Å². The summed E-state index contributed by atoms with van der Waals surface area (Å²) in [4.78, 5) is 14.0. The minimum Gasteiger partial charge on any atom is -0.383 e. The van der Waals surface area contributed by atoms with E-state index in [4.69, 9.17) is 16.3 Å². The molecular weight excluding hydrogens is 314 g/mol. The predicted molar refractivity (Wildman–Crippen MR) is 92.7 cm³/mol. The molecule has 0 aliphatic carbocycles. The second-order valence-electron chi connectivity index (χ2n) is 5.94. The summed E-state index contributed by atoms with van der Waals surface area (Å²) >= 11 is 6.22. The number of piperidine rings is 1. The average molecular weight is 340 g/mol. The van der Waals surface area contributed by atoms with Gasteiger partial charge in [-0.2, -0.15) is 0 Å². The standard InChI is InChI=1S/C17H26ClN3O2/c1-23-11-8-19-17(22)20-12-14-6-9-21(10-7-14)13-15-4-2-3-5-16(15)18/h2-5,14H,6-13H2,1H3,(H2,19,20,22). The fraction of sp³-hybridized carbons (Fsp3) is 0.588. The first-order valence-corrected chi connectivity index (χ1v) is 8.53. The van der Waals surface area contributed by atoms with Gasteiger partial charge in [0.1, 0.15) is 0 Å². The molecule has 6 heteroatoms. The van der Waals surface area contributed by atoms with E-state index in [1.165, 1.54) is 5.56 Å². The van der Waals surface area contributed by atoms with Gasteiger partial charge in [-0.1, -0.05) is 29.8 Å². The van der Waals surface area contributed by atoms with Crippen LogP contribution in [0.3, 0.4) is 0 Å². The molecule has 5 nitrogen and oxygen atoms in total. The highest BCUT2D eigenvalue weighted by Gasteiger charge is 2.20. The summed E-state index contributed by atoms with van der Waals surface area (Å²) in [7, 11) is 1.62. The van der Waals surface area contributed by atoms with E-state index in [-0.39, 0.29) is 6.03 Å². The molecule has 1 aromatic rings. The number of likely N-dealkylation sites (tertiary alicyclic amines) is 1. The molecule has 1 fully saturated rings. The lowest BCUT2D eigenvalue weighted by Crippen LogP contribution is -2.42. The Morgan fingerprint density at radius 1 is 1.30 bits per heavy atom. The predicted octanol–water partition coefficient (Wildman–Crippen LogP) is 2.50. The van der Waals surface area contributed by atoms with Crippen molar-refractivity contribution in [1.82, 2.24) is 15.5 Å². The summed E-state index contributed by atoms with van der Waals surface area (Å²) in [5.74, 6) is 0.547. The van der Waals surface area contributed by atoms with Crippen LogP contribution < -0.4 is 10.6 Å². The third kappa shape index (κ3) is 6.37. The largest absolute Gasteiger partial charge is 0.383 e. The zero-order valence-electron chi connectivity index (χ0n) is 13.7. The van der Waals surface area contributed by atoms with Gasteiger partial charge in [0.15, 0.2) is 0 Å². The van der Waals surface area contributed by atoms with Gasteiger partial charge in [0.05, 0.1) is 6.61 Å². The minimum absolute atomic E-state index is 0.111. The van der Waals surface area contributed by atoms with Crippen molar-refractivity contribution in [3.63, 3.8) is 0 Å². The zero-order valence-corrected chi connectivity index (χ0v) is 14.4. The molecule has 1 saturated heterocycles. The molecule has 0 spiro atoms. The zero-order chi connectivity index (χ0) is 16.5. The van der Waals surface area contributed by atoms with E-state index < -0.39 is 0 Å². The summed E-state index contributed by atoms with van der Waals surface area (Å²) in [5.41, 5.74) is 1.18. The van der Waals surface area contributed by atoms with Crippen molar-refractivity contribution < 1.29 is 9.53 Å². The Hall–Kier alpha value is -1.30. The lowest BCUT2D eigenvalue weighted by atomic mass is 9.96. The summed E-state index contributed by atoms with van der Waals surface area (Å²) < 4.78 is 4.90. The van der Waals surface area contributed by atoms with Gasteiger partial charge < -0.3 is 15.4 Å². The fourth-order valence-corrected chi connectivity index (χ4v) is 2.98. The summed E-state index contributed by atoms with van der Waals surface area (Å²) in [5, 5.41) is 6.55. The van der Waals surface area contributed by atoms with Crippen molar-refractivity contribution in [2.24, 2.45) is 5.92 Å². The Balaban J connectivity index is 1.64. The number of carbonyl (C=O) groups is 1. The van der Waals surface area contributed by atoms with Gasteiger partial charge >= 0.3 is 6.03 Å². The molecule has 23 heavy (non-hydrogen) atoms. The number of urea groups is 1. The summed E-state index contributed by atoms with van der Waals surface area (Å²) in [6, 6.07) is 7.90. The van der Waals surface area contributed by atoms with Gasteiger partial charge in [-0.05, 0) is 43.5 Å². The van der Waals surface area contributed by atoms with E-state index in [2.05, 4.69) is 21.6 Å². The first kappa shape index (κ1) is 18.0. The molecule has 1 heterocycles. The van der Waals surface area contributed by atoms with Crippen molar-refractivity contribution in [2.45, 2.75) is 19.4 Å². The lowest BCUT2D eigenvalue weighted by molar-refractivity contribution is 0.173.